The predicted molar refractivity (Wildman–Crippen MR) is 116 cm³/mol. The number of aromatic nitrogens is 3. The highest BCUT2D eigenvalue weighted by molar-refractivity contribution is 7.13. The molecule has 0 aliphatic carbocycles. The van der Waals surface area contributed by atoms with Crippen molar-refractivity contribution in [2.75, 3.05) is 0 Å². The van der Waals surface area contributed by atoms with Crippen LogP contribution in [-0.2, 0) is 18.0 Å². The molecule has 0 N–H and O–H groups in total. The first kappa shape index (κ1) is 21.3. The monoisotopic (exact) mass is 475 g/mol. The second kappa shape index (κ2) is 9.47. The standard InChI is InChI=1S/C21H15Cl2N3O4S/c1-12-19(31-18(24-12)11-28-16-8-6-15(23)7-9-16)21(27)29-10-17-25-26-20(30-17)13-2-4-14(22)5-3-13/h2-9H,10-11H2,1H3. The summed E-state index contributed by atoms with van der Waals surface area (Å²) < 4.78 is 16.5. The molecular weight excluding hydrogens is 461 g/mol. The lowest BCUT2D eigenvalue weighted by Gasteiger charge is -2.03. The maximum absolute atomic E-state index is 12.5. The number of hydrogen-bond acceptors (Lipinski definition) is 8. The molecule has 4 aromatic rings. The van der Waals surface area contributed by atoms with Crippen molar-refractivity contribution >= 4 is 40.5 Å². The molecule has 2 heterocycles. The summed E-state index contributed by atoms with van der Waals surface area (Å²) in [5.74, 6) is 0.651. The van der Waals surface area contributed by atoms with Crippen LogP contribution >= 0.6 is 34.5 Å². The van der Waals surface area contributed by atoms with E-state index in [4.69, 9.17) is 37.1 Å². The minimum absolute atomic E-state index is 0.145. The highest BCUT2D eigenvalue weighted by Gasteiger charge is 2.19. The van der Waals surface area contributed by atoms with Gasteiger partial charge in [-0.2, -0.15) is 0 Å². The molecule has 0 spiro atoms. The molecule has 31 heavy (non-hydrogen) atoms. The maximum Gasteiger partial charge on any atom is 0.350 e. The molecule has 2 aromatic heterocycles. The van der Waals surface area contributed by atoms with E-state index in [1.54, 1.807) is 55.5 Å². The van der Waals surface area contributed by atoms with E-state index < -0.39 is 5.97 Å². The second-order valence-corrected chi connectivity index (χ2v) is 8.31. The fourth-order valence-electron chi connectivity index (χ4n) is 2.59. The summed E-state index contributed by atoms with van der Waals surface area (Å²) in [5, 5.41) is 9.76. The Kier molecular flexibility index (Phi) is 6.50. The molecule has 4 rings (SSSR count). The molecule has 0 fully saturated rings. The molecule has 7 nitrogen and oxygen atoms in total. The molecule has 0 bridgehead atoms. The molecule has 0 radical (unpaired) electrons. The van der Waals surface area contributed by atoms with Gasteiger partial charge in [-0.1, -0.05) is 23.2 Å². The number of thiazole rings is 1. The van der Waals surface area contributed by atoms with Gasteiger partial charge in [0.25, 0.3) is 5.89 Å². The molecule has 0 amide bonds. The van der Waals surface area contributed by atoms with Gasteiger partial charge in [-0.25, -0.2) is 9.78 Å². The highest BCUT2D eigenvalue weighted by atomic mass is 35.5. The van der Waals surface area contributed by atoms with E-state index in [0.717, 1.165) is 5.56 Å². The zero-order valence-electron chi connectivity index (χ0n) is 16.2. The third-order valence-electron chi connectivity index (χ3n) is 4.09. The van der Waals surface area contributed by atoms with Crippen molar-refractivity contribution in [1.82, 2.24) is 15.2 Å². The average molecular weight is 476 g/mol. The van der Waals surface area contributed by atoms with Crippen molar-refractivity contribution in [3.8, 4) is 17.2 Å². The molecule has 0 saturated carbocycles. The number of ether oxygens (including phenoxy) is 2. The Balaban J connectivity index is 1.34. The van der Waals surface area contributed by atoms with Gasteiger partial charge in [-0.05, 0) is 55.5 Å². The van der Waals surface area contributed by atoms with Gasteiger partial charge in [0.15, 0.2) is 6.61 Å². The second-order valence-electron chi connectivity index (χ2n) is 6.35. The lowest BCUT2D eigenvalue weighted by atomic mass is 10.2. The Morgan fingerprint density at radius 2 is 1.68 bits per heavy atom. The highest BCUT2D eigenvalue weighted by Crippen LogP contribution is 2.23. The fourth-order valence-corrected chi connectivity index (χ4v) is 3.72. The Morgan fingerprint density at radius 3 is 2.39 bits per heavy atom. The van der Waals surface area contributed by atoms with E-state index in [1.807, 2.05) is 0 Å². The number of aryl methyl sites for hydroxylation is 1. The van der Waals surface area contributed by atoms with E-state index in [1.165, 1.54) is 11.3 Å². The summed E-state index contributed by atoms with van der Waals surface area (Å²) in [4.78, 5) is 17.2. The van der Waals surface area contributed by atoms with E-state index in [2.05, 4.69) is 15.2 Å². The Labute approximate surface area is 191 Å². The summed E-state index contributed by atoms with van der Waals surface area (Å²) in [7, 11) is 0. The van der Waals surface area contributed by atoms with Crippen LogP contribution in [-0.4, -0.2) is 21.2 Å². The molecule has 10 heteroatoms. The van der Waals surface area contributed by atoms with Gasteiger partial charge >= 0.3 is 5.97 Å². The molecule has 0 unspecified atom stereocenters. The zero-order chi connectivity index (χ0) is 21.8. The summed E-state index contributed by atoms with van der Waals surface area (Å²) >= 11 is 13.0. The van der Waals surface area contributed by atoms with Gasteiger partial charge in [0.05, 0.1) is 5.69 Å². The van der Waals surface area contributed by atoms with Crippen molar-refractivity contribution in [3.63, 3.8) is 0 Å². The summed E-state index contributed by atoms with van der Waals surface area (Å²) in [5.41, 5.74) is 1.29. The molecule has 0 atom stereocenters. The number of rotatable bonds is 7. The molecule has 0 aliphatic heterocycles. The van der Waals surface area contributed by atoms with Crippen molar-refractivity contribution in [2.45, 2.75) is 20.1 Å². The van der Waals surface area contributed by atoms with E-state index in [9.17, 15) is 4.79 Å². The van der Waals surface area contributed by atoms with Gasteiger partial charge in [0, 0.05) is 15.6 Å². The minimum atomic E-state index is -0.515. The predicted octanol–water partition coefficient (Wildman–Crippen LogP) is 5.74. The maximum atomic E-state index is 12.5. The van der Waals surface area contributed by atoms with Gasteiger partial charge in [0.2, 0.25) is 5.89 Å². The van der Waals surface area contributed by atoms with E-state index >= 15 is 0 Å². The SMILES string of the molecule is Cc1nc(COc2ccc(Cl)cc2)sc1C(=O)OCc1nnc(-c2ccc(Cl)cc2)o1. The number of benzene rings is 2. The normalized spacial score (nSPS) is 10.8. The Hall–Kier alpha value is -2.94. The van der Waals surface area contributed by atoms with E-state index in [0.29, 0.717) is 37.3 Å². The Morgan fingerprint density at radius 1 is 1.00 bits per heavy atom. The van der Waals surface area contributed by atoms with Crippen molar-refractivity contribution in [1.29, 1.82) is 0 Å². The van der Waals surface area contributed by atoms with Crippen LogP contribution in [0.25, 0.3) is 11.5 Å². The topological polar surface area (TPSA) is 87.3 Å². The number of halogens is 2. The van der Waals surface area contributed by atoms with Crippen LogP contribution in [0.1, 0.15) is 26.3 Å². The van der Waals surface area contributed by atoms with Crippen LogP contribution in [0.2, 0.25) is 10.0 Å². The summed E-state index contributed by atoms with van der Waals surface area (Å²) in [6.45, 7) is 1.83. The zero-order valence-corrected chi connectivity index (χ0v) is 18.5. The number of esters is 1. The number of carbonyl (C=O) groups excluding carboxylic acids is 1. The lowest BCUT2D eigenvalue weighted by molar-refractivity contribution is 0.0443. The van der Waals surface area contributed by atoms with Crippen molar-refractivity contribution < 1.29 is 18.7 Å². The average Bonchev–Trinajstić information content (AvgIpc) is 3.39. The first-order valence-corrected chi connectivity index (χ1v) is 10.7. The number of nitrogens with zero attached hydrogens (tertiary/aromatic N) is 3. The van der Waals surface area contributed by atoms with Crippen LogP contribution in [0.3, 0.4) is 0 Å². The number of carbonyl (C=O) groups is 1. The van der Waals surface area contributed by atoms with Crippen LogP contribution in [0, 0.1) is 6.92 Å². The van der Waals surface area contributed by atoms with Gasteiger partial charge < -0.3 is 13.9 Å². The molecular formula is C21H15Cl2N3O4S. The van der Waals surface area contributed by atoms with Crippen molar-refractivity contribution in [3.05, 3.63) is 80.0 Å². The van der Waals surface area contributed by atoms with Crippen LogP contribution in [0.5, 0.6) is 5.75 Å². The quantitative estimate of drug-likeness (QED) is 0.314. The summed E-state index contributed by atoms with van der Waals surface area (Å²) in [6, 6.07) is 14.0. The molecule has 2 aromatic carbocycles. The third-order valence-corrected chi connectivity index (χ3v) is 5.70. The number of hydrogen-bond donors (Lipinski definition) is 0. The van der Waals surface area contributed by atoms with Gasteiger partial charge in [-0.3, -0.25) is 0 Å². The third kappa shape index (κ3) is 5.41. The first-order chi connectivity index (χ1) is 15.0. The van der Waals surface area contributed by atoms with Crippen LogP contribution in [0.4, 0.5) is 0 Å². The molecule has 0 saturated heterocycles. The van der Waals surface area contributed by atoms with Crippen molar-refractivity contribution in [2.24, 2.45) is 0 Å². The lowest BCUT2D eigenvalue weighted by Crippen LogP contribution is -2.05. The molecule has 0 aliphatic rings. The molecule has 158 valence electrons. The minimum Gasteiger partial charge on any atom is -0.486 e. The summed E-state index contributed by atoms with van der Waals surface area (Å²) in [6.07, 6.45) is 0. The van der Waals surface area contributed by atoms with Gasteiger partial charge in [0.1, 0.15) is 22.2 Å². The Bertz CT molecular complexity index is 1190. The van der Waals surface area contributed by atoms with Crippen LogP contribution < -0.4 is 4.74 Å². The van der Waals surface area contributed by atoms with Gasteiger partial charge in [-0.15, -0.1) is 21.5 Å². The van der Waals surface area contributed by atoms with Crippen LogP contribution in [0.15, 0.2) is 52.9 Å². The largest absolute Gasteiger partial charge is 0.486 e. The smallest absolute Gasteiger partial charge is 0.350 e. The van der Waals surface area contributed by atoms with E-state index in [-0.39, 0.29) is 19.1 Å². The fraction of sp³-hybridized carbons (Fsp3) is 0.143. The first-order valence-electron chi connectivity index (χ1n) is 9.08.